The molecule has 0 amide bonds. The van der Waals surface area contributed by atoms with Crippen molar-refractivity contribution in [1.82, 2.24) is 22.8 Å². The van der Waals surface area contributed by atoms with Crippen LogP contribution in [-0.2, 0) is 12.4 Å². The molecular weight excluding hydrogens is 1170 g/mol. The fourth-order valence-electron chi connectivity index (χ4n) is 14.9. The van der Waals surface area contributed by atoms with Crippen LogP contribution >= 0.6 is 0 Å². The van der Waals surface area contributed by atoms with E-state index in [1.807, 2.05) is 167 Å². The molecule has 0 aliphatic heterocycles. The molecule has 13 aromatic carbocycles. The Hall–Kier alpha value is -12.1. The average Bonchev–Trinajstić information content (AvgIpc) is 1.61. The van der Waals surface area contributed by atoms with Crippen molar-refractivity contribution in [3.63, 3.8) is 0 Å². The van der Waals surface area contributed by atoms with Crippen molar-refractivity contribution in [3.05, 3.63) is 296 Å². The number of benzene rings is 13. The van der Waals surface area contributed by atoms with E-state index in [1.165, 1.54) is 24.3 Å². The van der Waals surface area contributed by atoms with Gasteiger partial charge in [-0.25, -0.2) is 0 Å². The largest absolute Gasteiger partial charge is 0.416 e. The molecular formula is C81H46F6N6. The first-order valence-corrected chi connectivity index (χ1v) is 30.4. The number of halogens is 6. The van der Waals surface area contributed by atoms with Gasteiger partial charge in [-0.15, -0.1) is 0 Å². The number of nitrogens with zero attached hydrogens (tertiary/aromatic N) is 6. The minimum absolute atomic E-state index is 0.139. The zero-order valence-electron chi connectivity index (χ0n) is 49.0. The first-order chi connectivity index (χ1) is 45.4. The standard InChI is InChI=1S/C81H46F6N6/c82-80(83,84)50-35-39-60-58-27-11-17-33-69(58)92(73(60)43-50)77-75(48-19-3-1-4-20-48)64(47-88)76(49-21-5-2-6-22-49)78(93-70-34-18-12-28-59(70)61-40-36-51(44-74(61)93)81(85,86)87)79(77)91-71-41-37-52(89-65-29-13-7-23-54(65)55-24-8-14-30-66(55)89)45-62(71)63-46-53(38-42-72(63)91)90-67-31-15-9-25-56(67)57-26-10-16-32-68(57)90/h1-46H. The van der Waals surface area contributed by atoms with Gasteiger partial charge in [0.15, 0.2) is 0 Å². The summed E-state index contributed by atoms with van der Waals surface area (Å²) in [7, 11) is 0. The SMILES string of the molecule is N#Cc1c(-c2ccccc2)c(-n2c3ccccc3c3ccc(C(F)(F)F)cc32)c(-n2c3ccc(-n4c5ccccc5c5ccccc54)cc3c3cc(-n4c5ccccc5c5ccccc54)ccc32)c(-n2c3ccccc3c3ccc(C(F)(F)F)cc32)c1-c1ccccc1. The topological polar surface area (TPSA) is 48.4 Å². The molecule has 0 spiro atoms. The van der Waals surface area contributed by atoms with Crippen LogP contribution in [0.25, 0.3) is 160 Å². The van der Waals surface area contributed by atoms with Crippen LogP contribution in [0.3, 0.4) is 0 Å². The molecule has 0 saturated carbocycles. The van der Waals surface area contributed by atoms with Gasteiger partial charge in [0.05, 0.1) is 88.9 Å². The van der Waals surface area contributed by atoms with E-state index in [2.05, 4.69) is 105 Å². The Morgan fingerprint density at radius 2 is 0.527 bits per heavy atom. The quantitative estimate of drug-likeness (QED) is 0.147. The number of nitriles is 1. The third-order valence-electron chi connectivity index (χ3n) is 18.7. The number of hydrogen-bond acceptors (Lipinski definition) is 1. The zero-order chi connectivity index (χ0) is 62.6. The number of fused-ring (bicyclic) bond motifs is 15. The lowest BCUT2D eigenvalue weighted by atomic mass is 9.87. The summed E-state index contributed by atoms with van der Waals surface area (Å²) in [6.45, 7) is 0. The molecule has 18 aromatic rings. The Bertz CT molecular complexity index is 5750. The van der Waals surface area contributed by atoms with Gasteiger partial charge >= 0.3 is 12.4 Å². The average molecular weight is 1220 g/mol. The predicted molar refractivity (Wildman–Crippen MR) is 364 cm³/mol. The van der Waals surface area contributed by atoms with Crippen molar-refractivity contribution < 1.29 is 26.3 Å². The monoisotopic (exact) mass is 1220 g/mol. The molecule has 442 valence electrons. The number of hydrogen-bond donors (Lipinski definition) is 0. The zero-order valence-corrected chi connectivity index (χ0v) is 49.0. The van der Waals surface area contributed by atoms with Gasteiger partial charge in [-0.2, -0.15) is 31.6 Å². The second-order valence-corrected chi connectivity index (χ2v) is 23.7. The number of aromatic nitrogens is 5. The van der Waals surface area contributed by atoms with Crippen LogP contribution < -0.4 is 0 Å². The van der Waals surface area contributed by atoms with Crippen LogP contribution in [0.1, 0.15) is 16.7 Å². The Morgan fingerprint density at radius 1 is 0.247 bits per heavy atom. The Kier molecular flexibility index (Phi) is 11.6. The number of rotatable bonds is 7. The molecule has 12 heteroatoms. The highest BCUT2D eigenvalue weighted by Crippen LogP contribution is 2.53. The molecule has 0 aliphatic rings. The highest BCUT2D eigenvalue weighted by Gasteiger charge is 2.37. The molecule has 0 N–H and O–H groups in total. The maximum Gasteiger partial charge on any atom is 0.416 e. The summed E-state index contributed by atoms with van der Waals surface area (Å²) in [5.74, 6) is 0. The van der Waals surface area contributed by atoms with Crippen molar-refractivity contribution in [3.8, 4) is 56.8 Å². The van der Waals surface area contributed by atoms with E-state index in [0.29, 0.717) is 82.9 Å². The molecule has 6 nitrogen and oxygen atoms in total. The smallest absolute Gasteiger partial charge is 0.309 e. The van der Waals surface area contributed by atoms with Crippen LogP contribution in [0.4, 0.5) is 26.3 Å². The normalized spacial score (nSPS) is 12.4. The van der Waals surface area contributed by atoms with Crippen LogP contribution in [0.15, 0.2) is 279 Å². The van der Waals surface area contributed by atoms with Gasteiger partial charge in [0.1, 0.15) is 6.07 Å². The molecule has 5 heterocycles. The van der Waals surface area contributed by atoms with Gasteiger partial charge in [-0.3, -0.25) is 0 Å². The fourth-order valence-corrected chi connectivity index (χ4v) is 14.9. The molecule has 18 rings (SSSR count). The predicted octanol–water partition coefficient (Wildman–Crippen LogP) is 22.4. The Morgan fingerprint density at radius 3 is 0.849 bits per heavy atom. The van der Waals surface area contributed by atoms with Gasteiger partial charge in [-0.1, -0.05) is 182 Å². The second kappa shape index (κ2) is 20.0. The summed E-state index contributed by atoms with van der Waals surface area (Å²) in [6.07, 6.45) is -9.57. The minimum Gasteiger partial charge on any atom is -0.309 e. The number of alkyl halides is 6. The van der Waals surface area contributed by atoms with Gasteiger partial charge in [0, 0.05) is 76.4 Å². The maximum absolute atomic E-state index is 15.6. The fraction of sp³-hybridized carbons (Fsp3) is 0.0247. The molecule has 0 atom stereocenters. The van der Waals surface area contributed by atoms with E-state index in [1.54, 1.807) is 0 Å². The van der Waals surface area contributed by atoms with Crippen molar-refractivity contribution in [2.45, 2.75) is 12.4 Å². The van der Waals surface area contributed by atoms with E-state index in [9.17, 15) is 5.26 Å². The molecule has 0 bridgehead atoms. The van der Waals surface area contributed by atoms with Crippen molar-refractivity contribution in [2.24, 2.45) is 0 Å². The molecule has 0 saturated heterocycles. The van der Waals surface area contributed by atoms with Gasteiger partial charge in [-0.05, 0) is 108 Å². The highest BCUT2D eigenvalue weighted by molar-refractivity contribution is 6.18. The van der Waals surface area contributed by atoms with Gasteiger partial charge < -0.3 is 22.8 Å². The first-order valence-electron chi connectivity index (χ1n) is 30.4. The Labute approximate surface area is 525 Å². The summed E-state index contributed by atoms with van der Waals surface area (Å²) in [5.41, 5.74) is 9.64. The Balaban J connectivity index is 1.12. The molecule has 0 unspecified atom stereocenters. The summed E-state index contributed by atoms with van der Waals surface area (Å²) in [4.78, 5) is 0. The molecule has 93 heavy (non-hydrogen) atoms. The van der Waals surface area contributed by atoms with Crippen LogP contribution in [0.2, 0.25) is 0 Å². The van der Waals surface area contributed by atoms with Crippen molar-refractivity contribution in [1.29, 1.82) is 5.26 Å². The molecule has 0 aliphatic carbocycles. The third kappa shape index (κ3) is 7.90. The van der Waals surface area contributed by atoms with Crippen LogP contribution in [-0.4, -0.2) is 22.8 Å². The number of para-hydroxylation sites is 6. The van der Waals surface area contributed by atoms with Crippen molar-refractivity contribution in [2.75, 3.05) is 0 Å². The lowest BCUT2D eigenvalue weighted by Crippen LogP contribution is -2.15. The molecule has 0 fully saturated rings. The highest BCUT2D eigenvalue weighted by atomic mass is 19.4. The van der Waals surface area contributed by atoms with E-state index >= 15 is 26.3 Å². The second-order valence-electron chi connectivity index (χ2n) is 23.7. The summed E-state index contributed by atoms with van der Waals surface area (Å²) < 4.78 is 104. The molecule has 0 radical (unpaired) electrons. The van der Waals surface area contributed by atoms with E-state index in [4.69, 9.17) is 0 Å². The van der Waals surface area contributed by atoms with Crippen LogP contribution in [0, 0.1) is 11.3 Å². The lowest BCUT2D eigenvalue weighted by molar-refractivity contribution is -0.138. The lowest BCUT2D eigenvalue weighted by Gasteiger charge is -2.29. The third-order valence-corrected chi connectivity index (χ3v) is 18.7. The summed E-state index contributed by atoms with van der Waals surface area (Å²) in [6, 6.07) is 89.7. The molecule has 5 aromatic heterocycles. The maximum atomic E-state index is 15.6. The van der Waals surface area contributed by atoms with Gasteiger partial charge in [0.2, 0.25) is 0 Å². The van der Waals surface area contributed by atoms with E-state index in [-0.39, 0.29) is 16.6 Å². The van der Waals surface area contributed by atoms with E-state index in [0.717, 1.165) is 77.9 Å². The first kappa shape index (κ1) is 53.9. The van der Waals surface area contributed by atoms with Gasteiger partial charge in [0.25, 0.3) is 0 Å². The summed E-state index contributed by atoms with van der Waals surface area (Å²) >= 11 is 0. The van der Waals surface area contributed by atoms with Crippen LogP contribution in [0.5, 0.6) is 0 Å². The minimum atomic E-state index is -4.78. The summed E-state index contributed by atoms with van der Waals surface area (Å²) in [5, 5.41) is 20.6. The van der Waals surface area contributed by atoms with Crippen molar-refractivity contribution >= 4 is 109 Å². The van der Waals surface area contributed by atoms with E-state index < -0.39 is 23.5 Å².